The lowest BCUT2D eigenvalue weighted by Gasteiger charge is -2.18. The van der Waals surface area contributed by atoms with E-state index in [1.165, 1.54) is 23.9 Å². The molecule has 0 bridgehead atoms. The number of hydrogen-bond donors (Lipinski definition) is 4. The van der Waals surface area contributed by atoms with Crippen molar-refractivity contribution in [2.45, 2.75) is 10.1 Å². The highest BCUT2D eigenvalue weighted by atomic mass is 32.2. The number of hydrogen-bond acceptors (Lipinski definition) is 4. The van der Waals surface area contributed by atoms with Gasteiger partial charge in [-0.2, -0.15) is 0 Å². The van der Waals surface area contributed by atoms with Crippen LogP contribution in [0.4, 0.5) is 11.4 Å². The lowest BCUT2D eigenvalue weighted by atomic mass is 10.1. The molecule has 0 fully saturated rings. The summed E-state index contributed by atoms with van der Waals surface area (Å²) in [5, 5.41) is 15.7. The minimum Gasteiger partial charge on any atom is -0.478 e. The highest BCUT2D eigenvalue weighted by molar-refractivity contribution is 8.00. The van der Waals surface area contributed by atoms with Crippen molar-refractivity contribution in [1.29, 1.82) is 0 Å². The lowest BCUT2D eigenvalue weighted by Crippen LogP contribution is -2.19. The van der Waals surface area contributed by atoms with Gasteiger partial charge in [-0.1, -0.05) is 54.6 Å². The largest absolute Gasteiger partial charge is 0.478 e. The molecule has 4 aromatic carbocycles. The van der Waals surface area contributed by atoms with E-state index in [0.29, 0.717) is 11.4 Å². The van der Waals surface area contributed by atoms with Gasteiger partial charge < -0.3 is 20.7 Å². The Bertz CT molecular complexity index is 1630. The van der Waals surface area contributed by atoms with Gasteiger partial charge in [-0.05, 0) is 59.5 Å². The molecule has 0 saturated heterocycles. The van der Waals surface area contributed by atoms with Gasteiger partial charge in [-0.15, -0.1) is 11.8 Å². The number of aromatic nitrogens is 1. The predicted molar refractivity (Wildman–Crippen MR) is 150 cm³/mol. The summed E-state index contributed by atoms with van der Waals surface area (Å²) in [6.45, 7) is 0. The van der Waals surface area contributed by atoms with Crippen LogP contribution in [-0.2, 0) is 4.79 Å². The third-order valence-corrected chi connectivity index (χ3v) is 7.16. The van der Waals surface area contributed by atoms with Gasteiger partial charge in [0.2, 0.25) is 5.91 Å². The van der Waals surface area contributed by atoms with Crippen LogP contribution in [0.15, 0.2) is 114 Å². The van der Waals surface area contributed by atoms with Gasteiger partial charge in [0, 0.05) is 28.0 Å². The topological polar surface area (TPSA) is 111 Å². The molecule has 0 radical (unpaired) electrons. The summed E-state index contributed by atoms with van der Waals surface area (Å²) < 4.78 is 0. The van der Waals surface area contributed by atoms with Crippen LogP contribution in [0.3, 0.4) is 0 Å². The molecule has 0 aliphatic carbocycles. The second-order valence-corrected chi connectivity index (χ2v) is 9.69. The Morgan fingerprint density at radius 1 is 0.737 bits per heavy atom. The fourth-order valence-electron chi connectivity index (χ4n) is 4.08. The highest BCUT2D eigenvalue weighted by Crippen LogP contribution is 2.37. The first-order chi connectivity index (χ1) is 18.5. The van der Waals surface area contributed by atoms with Gasteiger partial charge in [0.15, 0.2) is 0 Å². The normalized spacial score (nSPS) is 11.6. The summed E-state index contributed by atoms with van der Waals surface area (Å²) in [6.07, 6.45) is 1.85. The number of aromatic amines is 1. The van der Waals surface area contributed by atoms with Crippen LogP contribution < -0.4 is 10.6 Å². The average molecular weight is 522 g/mol. The van der Waals surface area contributed by atoms with E-state index >= 15 is 0 Å². The number of anilines is 2. The number of fused-ring (bicyclic) bond motifs is 1. The number of nitrogens with one attached hydrogen (secondary N) is 3. The van der Waals surface area contributed by atoms with Crippen LogP contribution in [0, 0.1) is 0 Å². The van der Waals surface area contributed by atoms with Crippen molar-refractivity contribution in [1.82, 2.24) is 4.98 Å². The van der Waals surface area contributed by atoms with Gasteiger partial charge in [0.1, 0.15) is 5.25 Å². The molecule has 5 rings (SSSR count). The first kappa shape index (κ1) is 24.9. The molecule has 38 heavy (non-hydrogen) atoms. The molecule has 0 aliphatic rings. The van der Waals surface area contributed by atoms with Crippen molar-refractivity contribution >= 4 is 51.8 Å². The standard InChI is InChI=1S/C30H23N3O4S/c34-28(24-11-4-5-12-25(24)30(36)37)32-21-9-6-10-23(17-21)38-27(20-7-2-1-3-8-20)29(35)33-22-14-13-19-15-16-31-26(19)18-22/h1-18,27,31H,(H,32,34)(H,33,35)(H,36,37). The average Bonchev–Trinajstić information content (AvgIpc) is 3.40. The zero-order chi connectivity index (χ0) is 26.5. The number of benzene rings is 4. The van der Waals surface area contributed by atoms with E-state index in [9.17, 15) is 19.5 Å². The van der Waals surface area contributed by atoms with E-state index in [-0.39, 0.29) is 17.0 Å². The summed E-state index contributed by atoms with van der Waals surface area (Å²) >= 11 is 1.35. The van der Waals surface area contributed by atoms with Crippen LogP contribution in [0.1, 0.15) is 31.5 Å². The number of amides is 2. The van der Waals surface area contributed by atoms with Crippen molar-refractivity contribution < 1.29 is 19.5 Å². The third-order valence-electron chi connectivity index (χ3n) is 5.91. The van der Waals surface area contributed by atoms with Crippen LogP contribution in [0.2, 0.25) is 0 Å². The molecule has 8 heteroatoms. The van der Waals surface area contributed by atoms with E-state index in [1.54, 1.807) is 30.3 Å². The Hall–Kier alpha value is -4.82. The molecule has 1 aromatic heterocycles. The maximum Gasteiger partial charge on any atom is 0.336 e. The quantitative estimate of drug-likeness (QED) is 0.172. The zero-order valence-corrected chi connectivity index (χ0v) is 20.9. The molecule has 1 atom stereocenters. The van der Waals surface area contributed by atoms with Crippen LogP contribution in [0.5, 0.6) is 0 Å². The zero-order valence-electron chi connectivity index (χ0n) is 20.0. The molecule has 4 N–H and O–H groups in total. The van der Waals surface area contributed by atoms with Crippen molar-refractivity contribution in [2.75, 3.05) is 10.6 Å². The van der Waals surface area contributed by atoms with Crippen LogP contribution in [0.25, 0.3) is 10.9 Å². The third kappa shape index (κ3) is 5.61. The number of carboxylic acids is 1. The first-order valence-corrected chi connectivity index (χ1v) is 12.7. The summed E-state index contributed by atoms with van der Waals surface area (Å²) in [6, 6.07) is 30.3. The van der Waals surface area contributed by atoms with Gasteiger partial charge in [-0.3, -0.25) is 9.59 Å². The van der Waals surface area contributed by atoms with Crippen LogP contribution in [-0.4, -0.2) is 27.9 Å². The first-order valence-electron chi connectivity index (χ1n) is 11.8. The molecule has 5 aromatic rings. The van der Waals surface area contributed by atoms with Crippen LogP contribution >= 0.6 is 11.8 Å². The molecule has 0 saturated carbocycles. The Balaban J connectivity index is 1.37. The molecule has 7 nitrogen and oxygen atoms in total. The summed E-state index contributed by atoms with van der Waals surface area (Å²) in [5.41, 5.74) is 2.93. The minimum atomic E-state index is -1.17. The molecular weight excluding hydrogens is 498 g/mol. The maximum absolute atomic E-state index is 13.5. The molecular formula is C30H23N3O4S. The SMILES string of the molecule is O=C(O)c1ccccc1C(=O)Nc1cccc(SC(C(=O)Nc2ccc3cc[nH]c3c2)c2ccccc2)c1. The number of H-pyrrole nitrogens is 1. The number of carbonyl (C=O) groups is 3. The maximum atomic E-state index is 13.5. The van der Waals surface area contributed by atoms with E-state index in [4.69, 9.17) is 0 Å². The van der Waals surface area contributed by atoms with Gasteiger partial charge in [0.05, 0.1) is 11.1 Å². The summed E-state index contributed by atoms with van der Waals surface area (Å²) in [5.74, 6) is -1.88. The molecule has 0 spiro atoms. The van der Waals surface area contributed by atoms with Crippen molar-refractivity contribution in [3.8, 4) is 0 Å². The minimum absolute atomic E-state index is 0.0682. The van der Waals surface area contributed by atoms with E-state index in [2.05, 4.69) is 15.6 Å². The molecule has 0 aliphatic heterocycles. The Kier molecular flexibility index (Phi) is 7.24. The van der Waals surface area contributed by atoms with Gasteiger partial charge in [0.25, 0.3) is 5.91 Å². The number of thioether (sulfide) groups is 1. The Morgan fingerprint density at radius 2 is 1.47 bits per heavy atom. The fourth-order valence-corrected chi connectivity index (χ4v) is 5.17. The lowest BCUT2D eigenvalue weighted by molar-refractivity contribution is -0.115. The highest BCUT2D eigenvalue weighted by Gasteiger charge is 2.23. The monoisotopic (exact) mass is 521 g/mol. The Morgan fingerprint density at radius 3 is 2.26 bits per heavy atom. The van der Waals surface area contributed by atoms with E-state index in [1.807, 2.05) is 66.9 Å². The molecule has 1 heterocycles. The van der Waals surface area contributed by atoms with Crippen molar-refractivity contribution in [3.63, 3.8) is 0 Å². The number of rotatable bonds is 8. The molecule has 2 amide bonds. The van der Waals surface area contributed by atoms with E-state index < -0.39 is 17.1 Å². The summed E-state index contributed by atoms with van der Waals surface area (Å²) in [7, 11) is 0. The van der Waals surface area contributed by atoms with Gasteiger partial charge >= 0.3 is 5.97 Å². The molecule has 188 valence electrons. The van der Waals surface area contributed by atoms with Crippen molar-refractivity contribution in [2.24, 2.45) is 0 Å². The number of carbonyl (C=O) groups excluding carboxylic acids is 2. The second kappa shape index (κ2) is 11.1. The van der Waals surface area contributed by atoms with Crippen molar-refractivity contribution in [3.05, 3.63) is 126 Å². The smallest absolute Gasteiger partial charge is 0.336 e. The Labute approximate surface area is 222 Å². The summed E-state index contributed by atoms with van der Waals surface area (Å²) in [4.78, 5) is 41.7. The second-order valence-electron chi connectivity index (χ2n) is 8.51. The van der Waals surface area contributed by atoms with E-state index in [0.717, 1.165) is 21.4 Å². The number of carboxylic acid groups (broad SMARTS) is 1. The predicted octanol–water partition coefficient (Wildman–Crippen LogP) is 6.59. The number of aromatic carboxylic acids is 1. The molecule has 1 unspecified atom stereocenters. The van der Waals surface area contributed by atoms with Gasteiger partial charge in [-0.25, -0.2) is 4.79 Å². The fraction of sp³-hybridized carbons (Fsp3) is 0.0333.